The Hall–Kier alpha value is -2.02. The smallest absolute Gasteiger partial charge is 0.326 e. The number of amides is 2. The molecule has 7 heteroatoms. The van der Waals surface area contributed by atoms with Crippen LogP contribution in [0.5, 0.6) is 0 Å². The number of carboxylic acid groups (broad SMARTS) is 1. The summed E-state index contributed by atoms with van der Waals surface area (Å²) in [5.41, 5.74) is 0.767. The summed E-state index contributed by atoms with van der Waals surface area (Å²) < 4.78 is 0. The molecule has 0 unspecified atom stereocenters. The minimum atomic E-state index is -0.932. The molecule has 6 nitrogen and oxygen atoms in total. The van der Waals surface area contributed by atoms with E-state index in [0.717, 1.165) is 36.3 Å². The van der Waals surface area contributed by atoms with Crippen LogP contribution in [0, 0.1) is 5.92 Å². The molecule has 2 heterocycles. The van der Waals surface area contributed by atoms with Gasteiger partial charge in [-0.05, 0) is 37.3 Å². The number of para-hydroxylation sites is 1. The fraction of sp³-hybridized carbons (Fsp3) is 0.526. The molecular weight excluding hydrogens is 352 g/mol. The average Bonchev–Trinajstić information content (AvgIpc) is 3.02. The number of rotatable bonds is 3. The van der Waals surface area contributed by atoms with Crippen LogP contribution in [-0.4, -0.2) is 45.1 Å². The van der Waals surface area contributed by atoms with Crippen LogP contribution in [0.1, 0.15) is 38.5 Å². The summed E-state index contributed by atoms with van der Waals surface area (Å²) in [4.78, 5) is 39.6. The predicted molar refractivity (Wildman–Crippen MR) is 98.0 cm³/mol. The first-order valence-corrected chi connectivity index (χ1v) is 10.0. The van der Waals surface area contributed by atoms with Gasteiger partial charge in [-0.2, -0.15) is 0 Å². The molecule has 2 fully saturated rings. The first kappa shape index (κ1) is 17.4. The topological polar surface area (TPSA) is 86.7 Å². The summed E-state index contributed by atoms with van der Waals surface area (Å²) in [7, 11) is 0. The van der Waals surface area contributed by atoms with E-state index in [1.807, 2.05) is 24.3 Å². The van der Waals surface area contributed by atoms with Crippen LogP contribution in [0.4, 0.5) is 5.69 Å². The quantitative estimate of drug-likeness (QED) is 0.850. The molecule has 4 atom stereocenters. The van der Waals surface area contributed by atoms with E-state index in [1.165, 1.54) is 11.8 Å². The Balaban J connectivity index is 1.51. The van der Waals surface area contributed by atoms with Crippen molar-refractivity contribution in [2.45, 2.75) is 60.8 Å². The van der Waals surface area contributed by atoms with Gasteiger partial charge in [0.05, 0.1) is 10.9 Å². The van der Waals surface area contributed by atoms with Crippen molar-refractivity contribution in [1.82, 2.24) is 4.90 Å². The molecule has 1 saturated heterocycles. The molecule has 138 valence electrons. The number of hydrogen-bond donors (Lipinski definition) is 2. The number of nitrogens with zero attached hydrogens (tertiary/aromatic N) is 1. The van der Waals surface area contributed by atoms with Crippen LogP contribution in [-0.2, 0) is 14.4 Å². The van der Waals surface area contributed by atoms with Gasteiger partial charge in [0, 0.05) is 17.4 Å². The Morgan fingerprint density at radius 3 is 2.81 bits per heavy atom. The zero-order chi connectivity index (χ0) is 18.3. The lowest BCUT2D eigenvalue weighted by molar-refractivity contribution is -0.150. The second kappa shape index (κ2) is 6.95. The maximum Gasteiger partial charge on any atom is 0.326 e. The fourth-order valence-electron chi connectivity index (χ4n) is 4.53. The molecule has 0 radical (unpaired) electrons. The van der Waals surface area contributed by atoms with E-state index in [-0.39, 0.29) is 30.2 Å². The van der Waals surface area contributed by atoms with Gasteiger partial charge in [-0.1, -0.05) is 25.0 Å². The summed E-state index contributed by atoms with van der Waals surface area (Å²) in [5, 5.41) is 11.9. The largest absolute Gasteiger partial charge is 0.480 e. The van der Waals surface area contributed by atoms with Gasteiger partial charge in [-0.3, -0.25) is 9.59 Å². The van der Waals surface area contributed by atoms with Gasteiger partial charge in [0.15, 0.2) is 0 Å². The van der Waals surface area contributed by atoms with Crippen molar-refractivity contribution in [3.8, 4) is 0 Å². The van der Waals surface area contributed by atoms with Crippen molar-refractivity contribution in [2.24, 2.45) is 5.92 Å². The number of likely N-dealkylation sites (tertiary alicyclic amines) is 1. The second-order valence-corrected chi connectivity index (χ2v) is 8.54. The molecule has 0 bridgehead atoms. The third-order valence-electron chi connectivity index (χ3n) is 5.73. The maximum absolute atomic E-state index is 13.0. The molecule has 1 aromatic rings. The van der Waals surface area contributed by atoms with Crippen LogP contribution >= 0.6 is 11.8 Å². The van der Waals surface area contributed by atoms with E-state index in [4.69, 9.17) is 0 Å². The van der Waals surface area contributed by atoms with E-state index in [2.05, 4.69) is 5.32 Å². The van der Waals surface area contributed by atoms with Crippen LogP contribution in [0.2, 0.25) is 0 Å². The number of nitrogens with one attached hydrogen (secondary N) is 1. The fourth-order valence-corrected chi connectivity index (χ4v) is 5.63. The molecule has 0 aromatic heterocycles. The number of carbonyl (C=O) groups excluding carboxylic acids is 2. The van der Waals surface area contributed by atoms with E-state index < -0.39 is 17.3 Å². The van der Waals surface area contributed by atoms with Gasteiger partial charge in [-0.15, -0.1) is 11.8 Å². The molecule has 1 aliphatic carbocycles. The summed E-state index contributed by atoms with van der Waals surface area (Å²) in [5.74, 6) is -1.05. The Morgan fingerprint density at radius 1 is 1.23 bits per heavy atom. The van der Waals surface area contributed by atoms with Crippen molar-refractivity contribution in [2.75, 3.05) is 5.32 Å². The molecule has 26 heavy (non-hydrogen) atoms. The number of fused-ring (bicyclic) bond motifs is 2. The first-order chi connectivity index (χ1) is 12.5. The number of thioether (sulfide) groups is 1. The van der Waals surface area contributed by atoms with Crippen LogP contribution in [0.15, 0.2) is 29.2 Å². The highest BCUT2D eigenvalue weighted by molar-refractivity contribution is 8.01. The van der Waals surface area contributed by atoms with E-state index in [1.54, 1.807) is 4.90 Å². The highest BCUT2D eigenvalue weighted by Gasteiger charge is 2.48. The summed E-state index contributed by atoms with van der Waals surface area (Å²) >= 11 is 1.38. The number of carboxylic acids is 1. The third kappa shape index (κ3) is 3.09. The van der Waals surface area contributed by atoms with E-state index in [0.29, 0.717) is 6.42 Å². The Kier molecular flexibility index (Phi) is 4.65. The summed E-state index contributed by atoms with van der Waals surface area (Å²) in [6.45, 7) is 0. The molecule has 1 saturated carbocycles. The van der Waals surface area contributed by atoms with Gasteiger partial charge in [0.1, 0.15) is 6.04 Å². The first-order valence-electron chi connectivity index (χ1n) is 9.15. The van der Waals surface area contributed by atoms with Crippen LogP contribution in [0.25, 0.3) is 0 Å². The molecule has 2 amide bonds. The number of carbonyl (C=O) groups is 3. The minimum Gasteiger partial charge on any atom is -0.480 e. The standard InChI is InChI=1S/C19H22N2O4S/c22-17(10-16-18(23)20-12-6-2-4-8-15(12)26-16)21-13-7-3-1-5-11(13)9-14(21)19(24)25/h2,4,6,8,11,13-14,16H,1,3,5,7,9-10H2,(H,20,23)(H,24,25)/t11-,13-,14-,16+/m0/s1. The molecule has 4 rings (SSSR count). The molecule has 2 N–H and O–H groups in total. The van der Waals surface area contributed by atoms with Gasteiger partial charge < -0.3 is 15.3 Å². The van der Waals surface area contributed by atoms with Crippen molar-refractivity contribution in [1.29, 1.82) is 0 Å². The van der Waals surface area contributed by atoms with Crippen LogP contribution in [0.3, 0.4) is 0 Å². The third-order valence-corrected chi connectivity index (χ3v) is 7.00. The van der Waals surface area contributed by atoms with Gasteiger partial charge in [0.2, 0.25) is 11.8 Å². The minimum absolute atomic E-state index is 0.0151. The predicted octanol–water partition coefficient (Wildman–Crippen LogP) is 2.73. The Morgan fingerprint density at radius 2 is 2.00 bits per heavy atom. The Labute approximate surface area is 156 Å². The van der Waals surface area contributed by atoms with Gasteiger partial charge in [-0.25, -0.2) is 4.79 Å². The van der Waals surface area contributed by atoms with E-state index >= 15 is 0 Å². The second-order valence-electron chi connectivity index (χ2n) is 7.30. The van der Waals surface area contributed by atoms with Gasteiger partial charge in [0.25, 0.3) is 0 Å². The van der Waals surface area contributed by atoms with Crippen molar-refractivity contribution >= 4 is 35.2 Å². The van der Waals surface area contributed by atoms with E-state index in [9.17, 15) is 19.5 Å². The number of anilines is 1. The van der Waals surface area contributed by atoms with Gasteiger partial charge >= 0.3 is 5.97 Å². The van der Waals surface area contributed by atoms with Crippen molar-refractivity contribution < 1.29 is 19.5 Å². The molecule has 1 aromatic carbocycles. The monoisotopic (exact) mass is 374 g/mol. The lowest BCUT2D eigenvalue weighted by Gasteiger charge is -2.34. The van der Waals surface area contributed by atoms with Crippen LogP contribution < -0.4 is 5.32 Å². The van der Waals surface area contributed by atoms with Crippen molar-refractivity contribution in [3.05, 3.63) is 24.3 Å². The zero-order valence-electron chi connectivity index (χ0n) is 14.4. The Bertz CT molecular complexity index is 753. The number of benzene rings is 1. The molecular formula is C19H22N2O4S. The highest BCUT2D eigenvalue weighted by atomic mass is 32.2. The summed E-state index contributed by atoms with van der Waals surface area (Å²) in [6, 6.07) is 6.78. The summed E-state index contributed by atoms with van der Waals surface area (Å²) in [6.07, 6.45) is 4.57. The molecule has 2 aliphatic heterocycles. The number of hydrogen-bond acceptors (Lipinski definition) is 4. The van der Waals surface area contributed by atoms with Crippen molar-refractivity contribution in [3.63, 3.8) is 0 Å². The molecule has 0 spiro atoms. The lowest BCUT2D eigenvalue weighted by Crippen LogP contribution is -2.47. The SMILES string of the molecule is O=C1Nc2ccccc2S[C@@H]1CC(=O)N1[C@H](C(=O)O)C[C@@H]2CCCC[C@@H]21. The molecule has 3 aliphatic rings. The average molecular weight is 374 g/mol. The maximum atomic E-state index is 13.0. The highest BCUT2D eigenvalue weighted by Crippen LogP contribution is 2.42. The lowest BCUT2D eigenvalue weighted by atomic mass is 9.84. The normalized spacial score (nSPS) is 30.3. The number of aliphatic carboxylic acids is 1. The zero-order valence-corrected chi connectivity index (χ0v) is 15.2.